The van der Waals surface area contributed by atoms with Gasteiger partial charge in [0.2, 0.25) is 0 Å². The van der Waals surface area contributed by atoms with Gasteiger partial charge < -0.3 is 4.74 Å². The number of halogens is 1. The summed E-state index contributed by atoms with van der Waals surface area (Å²) in [6.45, 7) is 9.71. The number of esters is 1. The molecule has 1 aromatic heterocycles. The summed E-state index contributed by atoms with van der Waals surface area (Å²) in [5.74, 6) is -0.161. The van der Waals surface area contributed by atoms with Crippen LogP contribution < -0.4 is 0 Å². The lowest BCUT2D eigenvalue weighted by molar-refractivity contribution is 0.00627. The fourth-order valence-corrected chi connectivity index (χ4v) is 2.60. The van der Waals surface area contributed by atoms with Crippen molar-refractivity contribution >= 4 is 21.9 Å². The van der Waals surface area contributed by atoms with Crippen LogP contribution in [0.3, 0.4) is 0 Å². The van der Waals surface area contributed by atoms with Crippen molar-refractivity contribution in [3.05, 3.63) is 46.2 Å². The molecule has 2 aromatic rings. The van der Waals surface area contributed by atoms with Gasteiger partial charge in [0.25, 0.3) is 0 Å². The molecule has 0 saturated heterocycles. The Bertz CT molecular complexity index is 672. The minimum atomic E-state index is -0.552. The van der Waals surface area contributed by atoms with Gasteiger partial charge in [-0.3, -0.25) is 0 Å². The lowest BCUT2D eigenvalue weighted by Gasteiger charge is -2.21. The van der Waals surface area contributed by atoms with Crippen LogP contribution in [0.4, 0.5) is 0 Å². The van der Waals surface area contributed by atoms with Crippen molar-refractivity contribution in [2.24, 2.45) is 5.92 Å². The molecule has 0 N–H and O–H groups in total. The number of hydrogen-bond acceptors (Lipinski definition) is 4. The second kappa shape index (κ2) is 6.83. The Morgan fingerprint density at radius 3 is 2.35 bits per heavy atom. The van der Waals surface area contributed by atoms with E-state index in [1.807, 2.05) is 45.0 Å². The van der Waals surface area contributed by atoms with Crippen molar-refractivity contribution in [1.29, 1.82) is 0 Å². The van der Waals surface area contributed by atoms with Crippen molar-refractivity contribution in [1.82, 2.24) is 15.0 Å². The highest BCUT2D eigenvalue weighted by molar-refractivity contribution is 9.10. The first-order chi connectivity index (χ1) is 10.7. The molecular formula is C17H22BrN3O2. The third kappa shape index (κ3) is 4.64. The van der Waals surface area contributed by atoms with Crippen LogP contribution in [0.15, 0.2) is 34.9 Å². The number of nitrogens with zero attached hydrogens (tertiary/aromatic N) is 3. The summed E-state index contributed by atoms with van der Waals surface area (Å²) in [7, 11) is 0. The van der Waals surface area contributed by atoms with Crippen molar-refractivity contribution < 1.29 is 9.53 Å². The van der Waals surface area contributed by atoms with E-state index in [0.29, 0.717) is 5.92 Å². The summed E-state index contributed by atoms with van der Waals surface area (Å²) in [6.07, 6.45) is 1.65. The maximum absolute atomic E-state index is 12.1. The summed E-state index contributed by atoms with van der Waals surface area (Å²) in [5, 5.41) is 8.12. The van der Waals surface area contributed by atoms with Crippen LogP contribution in [0, 0.1) is 5.92 Å². The molecule has 0 aliphatic rings. The average molecular weight is 380 g/mol. The molecule has 0 amide bonds. The zero-order valence-corrected chi connectivity index (χ0v) is 15.7. The van der Waals surface area contributed by atoms with Gasteiger partial charge in [0, 0.05) is 4.47 Å². The van der Waals surface area contributed by atoms with Crippen LogP contribution in [0.25, 0.3) is 0 Å². The van der Waals surface area contributed by atoms with Crippen LogP contribution >= 0.6 is 15.9 Å². The third-order valence-corrected chi connectivity index (χ3v) is 3.77. The predicted octanol–water partition coefficient (Wildman–Crippen LogP) is 4.24. The van der Waals surface area contributed by atoms with Crippen molar-refractivity contribution in [3.63, 3.8) is 0 Å². The van der Waals surface area contributed by atoms with Gasteiger partial charge in [-0.2, -0.15) is 0 Å². The van der Waals surface area contributed by atoms with Gasteiger partial charge in [-0.15, -0.1) is 5.10 Å². The van der Waals surface area contributed by atoms with E-state index in [0.717, 1.165) is 10.0 Å². The first-order valence-corrected chi connectivity index (χ1v) is 8.37. The molecule has 0 bridgehead atoms. The molecule has 124 valence electrons. The second-order valence-electron chi connectivity index (χ2n) is 6.83. The molecule has 0 fully saturated rings. The Morgan fingerprint density at radius 1 is 1.22 bits per heavy atom. The molecule has 0 radical (unpaired) electrons. The number of hydrogen-bond donors (Lipinski definition) is 0. The number of carbonyl (C=O) groups is 1. The van der Waals surface area contributed by atoms with E-state index in [9.17, 15) is 4.79 Å². The fraction of sp³-hybridized carbons (Fsp3) is 0.471. The van der Waals surface area contributed by atoms with E-state index in [2.05, 4.69) is 40.1 Å². The molecule has 0 aliphatic heterocycles. The summed E-state index contributed by atoms with van der Waals surface area (Å²) in [5.41, 5.74) is 0.788. The first-order valence-electron chi connectivity index (χ1n) is 7.58. The molecule has 23 heavy (non-hydrogen) atoms. The number of aromatic nitrogens is 3. The Balaban J connectivity index is 2.28. The van der Waals surface area contributed by atoms with Crippen LogP contribution in [-0.2, 0) is 4.74 Å². The predicted molar refractivity (Wildman–Crippen MR) is 92.3 cm³/mol. The van der Waals surface area contributed by atoms with E-state index in [-0.39, 0.29) is 11.7 Å². The summed E-state index contributed by atoms with van der Waals surface area (Å²) >= 11 is 3.44. The highest BCUT2D eigenvalue weighted by atomic mass is 79.9. The maximum atomic E-state index is 12.1. The van der Waals surface area contributed by atoms with E-state index in [1.165, 1.54) is 0 Å². The average Bonchev–Trinajstić information content (AvgIpc) is 2.88. The Hall–Kier alpha value is -1.69. The molecule has 0 saturated carbocycles. The zero-order chi connectivity index (χ0) is 17.2. The lowest BCUT2D eigenvalue weighted by atomic mass is 9.96. The second-order valence-corrected chi connectivity index (χ2v) is 7.74. The molecule has 0 aliphatic carbocycles. The molecule has 1 heterocycles. The molecule has 5 nitrogen and oxygen atoms in total. The molecule has 6 heteroatoms. The highest BCUT2D eigenvalue weighted by Crippen LogP contribution is 2.27. The van der Waals surface area contributed by atoms with Crippen LogP contribution in [0.1, 0.15) is 56.7 Å². The highest BCUT2D eigenvalue weighted by Gasteiger charge is 2.24. The lowest BCUT2D eigenvalue weighted by Crippen LogP contribution is -2.24. The first kappa shape index (κ1) is 17.7. The van der Waals surface area contributed by atoms with Crippen molar-refractivity contribution in [3.8, 4) is 0 Å². The van der Waals surface area contributed by atoms with Gasteiger partial charge in [-0.1, -0.05) is 47.1 Å². The number of carbonyl (C=O) groups excluding carboxylic acids is 1. The van der Waals surface area contributed by atoms with Gasteiger partial charge in [-0.05, 0) is 44.4 Å². The monoisotopic (exact) mass is 379 g/mol. The van der Waals surface area contributed by atoms with E-state index >= 15 is 0 Å². The molecule has 1 aromatic carbocycles. The van der Waals surface area contributed by atoms with Gasteiger partial charge in [-0.25, -0.2) is 9.48 Å². The van der Waals surface area contributed by atoms with E-state index in [1.54, 1.807) is 10.9 Å². The van der Waals surface area contributed by atoms with Crippen molar-refractivity contribution in [2.75, 3.05) is 0 Å². The SMILES string of the molecule is CC(C)C(c1ccc(Br)cc1)n1cc(C(=O)OC(C)(C)C)nn1. The maximum Gasteiger partial charge on any atom is 0.361 e. The van der Waals surface area contributed by atoms with Gasteiger partial charge in [0.05, 0.1) is 12.2 Å². The summed E-state index contributed by atoms with van der Waals surface area (Å²) in [4.78, 5) is 12.1. The van der Waals surface area contributed by atoms with Gasteiger partial charge in [0.15, 0.2) is 5.69 Å². The topological polar surface area (TPSA) is 57.0 Å². The Morgan fingerprint density at radius 2 is 1.83 bits per heavy atom. The Labute approximate surface area is 145 Å². The van der Waals surface area contributed by atoms with Crippen LogP contribution in [-0.4, -0.2) is 26.6 Å². The molecule has 2 rings (SSSR count). The molecule has 0 spiro atoms. The smallest absolute Gasteiger partial charge is 0.361 e. The van der Waals surface area contributed by atoms with Crippen LogP contribution in [0.5, 0.6) is 0 Å². The number of ether oxygens (including phenoxy) is 1. The standard InChI is InChI=1S/C17H22BrN3O2/c1-11(2)15(12-6-8-13(18)9-7-12)21-10-14(19-20-21)16(22)23-17(3,4)5/h6-11,15H,1-5H3. The molecule has 1 unspecified atom stereocenters. The fourth-order valence-electron chi connectivity index (χ4n) is 2.34. The molecule has 1 atom stereocenters. The minimum Gasteiger partial charge on any atom is -0.455 e. The third-order valence-electron chi connectivity index (χ3n) is 3.25. The van der Waals surface area contributed by atoms with E-state index in [4.69, 9.17) is 4.74 Å². The van der Waals surface area contributed by atoms with Gasteiger partial charge in [0.1, 0.15) is 5.60 Å². The minimum absolute atomic E-state index is 0.00628. The Kier molecular flexibility index (Phi) is 5.24. The quantitative estimate of drug-likeness (QED) is 0.745. The number of rotatable bonds is 4. The van der Waals surface area contributed by atoms with Crippen molar-refractivity contribution in [2.45, 2.75) is 46.3 Å². The van der Waals surface area contributed by atoms with Crippen LogP contribution in [0.2, 0.25) is 0 Å². The normalized spacial score (nSPS) is 13.2. The summed E-state index contributed by atoms with van der Waals surface area (Å²) < 4.78 is 8.09. The largest absolute Gasteiger partial charge is 0.455 e. The van der Waals surface area contributed by atoms with Gasteiger partial charge >= 0.3 is 5.97 Å². The zero-order valence-electron chi connectivity index (χ0n) is 14.1. The summed E-state index contributed by atoms with van der Waals surface area (Å²) in [6, 6.07) is 8.09. The van der Waals surface area contributed by atoms with E-state index < -0.39 is 11.6 Å². The number of benzene rings is 1. The molecular weight excluding hydrogens is 358 g/mol.